The summed E-state index contributed by atoms with van der Waals surface area (Å²) in [6.07, 6.45) is 1.04. The van der Waals surface area contributed by atoms with Crippen molar-refractivity contribution in [1.82, 2.24) is 10.2 Å². The topological polar surface area (TPSA) is 73.9 Å². The highest BCUT2D eigenvalue weighted by atomic mass is 16.5. The van der Waals surface area contributed by atoms with E-state index >= 15 is 0 Å². The lowest BCUT2D eigenvalue weighted by molar-refractivity contribution is -0.122. The fourth-order valence-corrected chi connectivity index (χ4v) is 4.29. The average Bonchev–Trinajstić information content (AvgIpc) is 2.84. The van der Waals surface area contributed by atoms with Gasteiger partial charge in [0.2, 0.25) is 0 Å². The first-order valence-corrected chi connectivity index (χ1v) is 12.5. The zero-order chi connectivity index (χ0) is 25.6. The molecule has 1 atom stereocenters. The molecule has 0 spiro atoms. The standard InChI is InChI=1S/C28H40N4O3/c1-7-32(8-2)24-15-13-23(14-16-24)29-25(33)28(18-17-21-11-9-10-12-22(21)19-28)30-26(34)35-20-27(3,4)31(5)6/h9-16H,7-8,17-20H2,1-6H3,(H,29,33)(H,30,34)/t28-/m1/s1. The predicted octanol–water partition coefficient (Wildman–Crippen LogP) is 4.47. The summed E-state index contributed by atoms with van der Waals surface area (Å²) in [7, 11) is 3.89. The van der Waals surface area contributed by atoms with Crippen LogP contribution < -0.4 is 15.5 Å². The van der Waals surface area contributed by atoms with Gasteiger partial charge in [0, 0.05) is 36.4 Å². The minimum absolute atomic E-state index is 0.215. The lowest BCUT2D eigenvalue weighted by Crippen LogP contribution is -2.60. The van der Waals surface area contributed by atoms with Gasteiger partial charge in [-0.3, -0.25) is 4.79 Å². The van der Waals surface area contributed by atoms with E-state index in [4.69, 9.17) is 4.74 Å². The molecule has 2 aromatic carbocycles. The summed E-state index contributed by atoms with van der Waals surface area (Å²) < 4.78 is 5.57. The summed E-state index contributed by atoms with van der Waals surface area (Å²) in [5.74, 6) is -0.230. The predicted molar refractivity (Wildman–Crippen MR) is 142 cm³/mol. The van der Waals surface area contributed by atoms with E-state index in [0.717, 1.165) is 24.3 Å². The smallest absolute Gasteiger partial charge is 0.408 e. The number of nitrogens with zero attached hydrogens (tertiary/aromatic N) is 2. The van der Waals surface area contributed by atoms with Crippen LogP contribution in [0.25, 0.3) is 0 Å². The number of aryl methyl sites for hydroxylation is 1. The summed E-state index contributed by atoms with van der Waals surface area (Å²) in [6.45, 7) is 10.3. The highest BCUT2D eigenvalue weighted by Gasteiger charge is 2.43. The van der Waals surface area contributed by atoms with Gasteiger partial charge in [-0.1, -0.05) is 24.3 Å². The zero-order valence-electron chi connectivity index (χ0n) is 22.0. The summed E-state index contributed by atoms with van der Waals surface area (Å²) in [5.41, 5.74) is 2.68. The molecule has 7 nitrogen and oxygen atoms in total. The van der Waals surface area contributed by atoms with E-state index in [9.17, 15) is 9.59 Å². The van der Waals surface area contributed by atoms with Crippen LogP contribution in [0.4, 0.5) is 16.2 Å². The second kappa shape index (κ2) is 11.1. The van der Waals surface area contributed by atoms with Crippen molar-refractivity contribution in [3.63, 3.8) is 0 Å². The maximum atomic E-state index is 13.7. The molecule has 2 amide bonds. The molecular weight excluding hydrogens is 440 g/mol. The normalized spacial score (nSPS) is 17.5. The van der Waals surface area contributed by atoms with Crippen molar-refractivity contribution in [2.75, 3.05) is 44.0 Å². The number of fused-ring (bicyclic) bond motifs is 1. The lowest BCUT2D eigenvalue weighted by Gasteiger charge is -2.38. The van der Waals surface area contributed by atoms with Crippen LogP contribution >= 0.6 is 0 Å². The fourth-order valence-electron chi connectivity index (χ4n) is 4.29. The molecule has 0 heterocycles. The number of nitrogens with one attached hydrogen (secondary N) is 2. The highest BCUT2D eigenvalue weighted by molar-refractivity contribution is 6.00. The second-order valence-electron chi connectivity index (χ2n) is 10.1. The molecule has 2 N–H and O–H groups in total. The molecule has 0 fully saturated rings. The fraction of sp³-hybridized carbons (Fsp3) is 0.500. The number of benzene rings is 2. The molecule has 0 radical (unpaired) electrons. The van der Waals surface area contributed by atoms with Gasteiger partial charge in [-0.15, -0.1) is 0 Å². The monoisotopic (exact) mass is 480 g/mol. The van der Waals surface area contributed by atoms with E-state index in [1.807, 2.05) is 75.3 Å². The first kappa shape index (κ1) is 26.5. The molecule has 2 aromatic rings. The summed E-state index contributed by atoms with van der Waals surface area (Å²) in [6, 6.07) is 15.9. The highest BCUT2D eigenvalue weighted by Crippen LogP contribution is 2.31. The molecule has 0 aliphatic heterocycles. The van der Waals surface area contributed by atoms with E-state index in [2.05, 4.69) is 35.4 Å². The maximum Gasteiger partial charge on any atom is 0.408 e. The van der Waals surface area contributed by atoms with E-state index in [1.165, 1.54) is 5.56 Å². The Bertz CT molecular complexity index is 1020. The first-order chi connectivity index (χ1) is 16.6. The molecule has 190 valence electrons. The number of likely N-dealkylation sites (N-methyl/N-ethyl adjacent to an activating group) is 1. The summed E-state index contributed by atoms with van der Waals surface area (Å²) >= 11 is 0. The number of ether oxygens (including phenoxy) is 1. The number of rotatable bonds is 9. The van der Waals surface area contributed by atoms with Gasteiger partial charge in [0.25, 0.3) is 5.91 Å². The largest absolute Gasteiger partial charge is 0.448 e. The second-order valence-corrected chi connectivity index (χ2v) is 10.1. The number of anilines is 2. The molecule has 3 rings (SSSR count). The Balaban J connectivity index is 1.79. The SMILES string of the molecule is CCN(CC)c1ccc(NC(=O)[C@@]2(NC(=O)OCC(C)(C)N(C)C)CCc3ccccc3C2)cc1. The molecule has 1 aliphatic rings. The number of alkyl carbamates (subject to hydrolysis) is 1. The number of hydrogen-bond donors (Lipinski definition) is 2. The van der Waals surface area contributed by atoms with Gasteiger partial charge in [0.15, 0.2) is 0 Å². The Morgan fingerprint density at radius 2 is 1.63 bits per heavy atom. The quantitative estimate of drug-likeness (QED) is 0.554. The molecule has 35 heavy (non-hydrogen) atoms. The van der Waals surface area contributed by atoms with Crippen LogP contribution in [0.1, 0.15) is 45.2 Å². The van der Waals surface area contributed by atoms with Crippen molar-refractivity contribution >= 4 is 23.4 Å². The number of carbonyl (C=O) groups is 2. The third kappa shape index (κ3) is 6.34. The van der Waals surface area contributed by atoms with Gasteiger partial charge in [-0.05, 0) is 90.0 Å². The molecule has 0 unspecified atom stereocenters. The number of hydrogen-bond acceptors (Lipinski definition) is 5. The summed E-state index contributed by atoms with van der Waals surface area (Å²) in [4.78, 5) is 30.8. The maximum absolute atomic E-state index is 13.7. The van der Waals surface area contributed by atoms with Gasteiger partial charge in [0.1, 0.15) is 12.1 Å². The molecule has 0 aromatic heterocycles. The van der Waals surface area contributed by atoms with E-state index < -0.39 is 11.6 Å². The van der Waals surface area contributed by atoms with Gasteiger partial charge in [0.05, 0.1) is 0 Å². The first-order valence-electron chi connectivity index (χ1n) is 12.5. The van der Waals surface area contributed by atoms with Crippen molar-refractivity contribution < 1.29 is 14.3 Å². The van der Waals surface area contributed by atoms with Crippen molar-refractivity contribution in [2.24, 2.45) is 0 Å². The molecule has 7 heteroatoms. The Kier molecular flexibility index (Phi) is 8.43. The number of amides is 2. The van der Waals surface area contributed by atoms with Crippen molar-refractivity contribution in [3.8, 4) is 0 Å². The molecule has 0 bridgehead atoms. The van der Waals surface area contributed by atoms with Crippen LogP contribution in [-0.2, 0) is 22.4 Å². The van der Waals surface area contributed by atoms with E-state index in [1.54, 1.807) is 0 Å². The Morgan fingerprint density at radius 3 is 2.23 bits per heavy atom. The van der Waals surface area contributed by atoms with Crippen LogP contribution in [0.3, 0.4) is 0 Å². The Hall–Kier alpha value is -3.06. The molecule has 0 saturated heterocycles. The third-order valence-corrected chi connectivity index (χ3v) is 7.23. The van der Waals surface area contributed by atoms with Crippen LogP contribution in [0.15, 0.2) is 48.5 Å². The molecule has 0 saturated carbocycles. The third-order valence-electron chi connectivity index (χ3n) is 7.23. The van der Waals surface area contributed by atoms with Crippen LogP contribution in [0.5, 0.6) is 0 Å². The Labute approximate surface area is 209 Å². The van der Waals surface area contributed by atoms with Crippen molar-refractivity contribution in [1.29, 1.82) is 0 Å². The van der Waals surface area contributed by atoms with E-state index in [-0.39, 0.29) is 18.1 Å². The minimum Gasteiger partial charge on any atom is -0.448 e. The van der Waals surface area contributed by atoms with Crippen LogP contribution in [0, 0.1) is 0 Å². The summed E-state index contributed by atoms with van der Waals surface area (Å²) in [5, 5.41) is 6.00. The molecule has 1 aliphatic carbocycles. The zero-order valence-corrected chi connectivity index (χ0v) is 22.0. The van der Waals surface area contributed by atoms with Gasteiger partial charge < -0.3 is 25.2 Å². The van der Waals surface area contributed by atoms with Crippen LogP contribution in [0.2, 0.25) is 0 Å². The lowest BCUT2D eigenvalue weighted by atomic mass is 9.77. The van der Waals surface area contributed by atoms with Gasteiger partial charge >= 0.3 is 6.09 Å². The minimum atomic E-state index is -1.09. The van der Waals surface area contributed by atoms with Gasteiger partial charge in [-0.2, -0.15) is 0 Å². The number of carbonyl (C=O) groups excluding carboxylic acids is 2. The van der Waals surface area contributed by atoms with E-state index in [0.29, 0.717) is 24.9 Å². The molecular formula is C28H40N4O3. The van der Waals surface area contributed by atoms with Crippen LogP contribution in [-0.4, -0.2) is 61.8 Å². The van der Waals surface area contributed by atoms with Crippen molar-refractivity contribution in [3.05, 3.63) is 59.7 Å². The van der Waals surface area contributed by atoms with Crippen molar-refractivity contribution in [2.45, 2.75) is 58.0 Å². The Morgan fingerprint density at radius 1 is 1.00 bits per heavy atom. The average molecular weight is 481 g/mol. The van der Waals surface area contributed by atoms with Gasteiger partial charge in [-0.25, -0.2) is 4.79 Å².